The standard InChI is InChI=1S/C13H16N2O2S/c1-10(7-16)8-18-9-11-6-13(17)15-5-3-2-4-12(15)14-11/h2-6,10,16H,7-9H2,1H3. The molecule has 0 aliphatic heterocycles. The van der Waals surface area contributed by atoms with Crippen molar-refractivity contribution in [1.29, 1.82) is 0 Å². The molecule has 2 rings (SSSR count). The van der Waals surface area contributed by atoms with Crippen LogP contribution in [0, 0.1) is 5.92 Å². The third kappa shape index (κ3) is 3.11. The van der Waals surface area contributed by atoms with Crippen LogP contribution in [0.5, 0.6) is 0 Å². The molecule has 1 atom stereocenters. The highest BCUT2D eigenvalue weighted by molar-refractivity contribution is 7.98. The Kier molecular flexibility index (Phi) is 4.38. The lowest BCUT2D eigenvalue weighted by Gasteiger charge is -2.07. The van der Waals surface area contributed by atoms with Gasteiger partial charge >= 0.3 is 0 Å². The van der Waals surface area contributed by atoms with E-state index < -0.39 is 0 Å². The molecule has 4 nitrogen and oxygen atoms in total. The maximum atomic E-state index is 11.8. The zero-order chi connectivity index (χ0) is 13.0. The van der Waals surface area contributed by atoms with E-state index in [9.17, 15) is 4.79 Å². The second kappa shape index (κ2) is 6.02. The number of pyridine rings is 1. The van der Waals surface area contributed by atoms with Crippen molar-refractivity contribution in [1.82, 2.24) is 9.38 Å². The van der Waals surface area contributed by atoms with E-state index in [0.29, 0.717) is 11.4 Å². The van der Waals surface area contributed by atoms with E-state index in [-0.39, 0.29) is 18.1 Å². The molecule has 1 N–H and O–H groups in total. The van der Waals surface area contributed by atoms with Gasteiger partial charge in [0.1, 0.15) is 5.65 Å². The van der Waals surface area contributed by atoms with E-state index in [1.54, 1.807) is 24.0 Å². The Morgan fingerprint density at radius 3 is 3.11 bits per heavy atom. The Bertz CT molecular complexity index is 582. The van der Waals surface area contributed by atoms with Gasteiger partial charge < -0.3 is 5.11 Å². The summed E-state index contributed by atoms with van der Waals surface area (Å²) >= 11 is 1.69. The number of aromatic nitrogens is 2. The first-order chi connectivity index (χ1) is 8.70. The molecule has 2 heterocycles. The topological polar surface area (TPSA) is 54.6 Å². The van der Waals surface area contributed by atoms with Crippen LogP contribution in [0.4, 0.5) is 0 Å². The molecule has 0 aromatic carbocycles. The van der Waals surface area contributed by atoms with Crippen LogP contribution in [0.1, 0.15) is 12.6 Å². The number of hydrogen-bond donors (Lipinski definition) is 1. The highest BCUT2D eigenvalue weighted by Crippen LogP contribution is 2.13. The maximum absolute atomic E-state index is 11.8. The lowest BCUT2D eigenvalue weighted by Crippen LogP contribution is -2.15. The first kappa shape index (κ1) is 13.1. The van der Waals surface area contributed by atoms with Crippen molar-refractivity contribution in [2.24, 2.45) is 5.92 Å². The molecule has 96 valence electrons. The van der Waals surface area contributed by atoms with Crippen LogP contribution in [0.15, 0.2) is 35.3 Å². The first-order valence-electron chi connectivity index (χ1n) is 5.86. The normalized spacial score (nSPS) is 12.8. The average Bonchev–Trinajstić information content (AvgIpc) is 2.38. The monoisotopic (exact) mass is 264 g/mol. The van der Waals surface area contributed by atoms with Gasteiger partial charge in [0.05, 0.1) is 5.69 Å². The summed E-state index contributed by atoms with van der Waals surface area (Å²) in [6, 6.07) is 7.08. The van der Waals surface area contributed by atoms with Crippen molar-refractivity contribution in [2.45, 2.75) is 12.7 Å². The quantitative estimate of drug-likeness (QED) is 0.890. The Balaban J connectivity index is 2.12. The van der Waals surface area contributed by atoms with Crippen LogP contribution in [-0.2, 0) is 5.75 Å². The fourth-order valence-corrected chi connectivity index (χ4v) is 2.58. The van der Waals surface area contributed by atoms with E-state index in [0.717, 1.165) is 11.4 Å². The Morgan fingerprint density at radius 2 is 2.33 bits per heavy atom. The van der Waals surface area contributed by atoms with Crippen LogP contribution >= 0.6 is 11.8 Å². The minimum absolute atomic E-state index is 0.0496. The molecular weight excluding hydrogens is 248 g/mol. The summed E-state index contributed by atoms with van der Waals surface area (Å²) in [5.74, 6) is 1.84. The maximum Gasteiger partial charge on any atom is 0.258 e. The largest absolute Gasteiger partial charge is 0.396 e. The number of fused-ring (bicyclic) bond motifs is 1. The zero-order valence-corrected chi connectivity index (χ0v) is 11.1. The second-order valence-electron chi connectivity index (χ2n) is 4.32. The molecular formula is C13H16N2O2S. The number of aliphatic hydroxyl groups excluding tert-OH is 1. The summed E-state index contributed by atoms with van der Waals surface area (Å²) in [5, 5.41) is 8.94. The Hall–Kier alpha value is -1.33. The van der Waals surface area contributed by atoms with Crippen molar-refractivity contribution in [2.75, 3.05) is 12.4 Å². The molecule has 0 saturated heterocycles. The van der Waals surface area contributed by atoms with E-state index in [2.05, 4.69) is 4.98 Å². The molecule has 0 fully saturated rings. The molecule has 0 spiro atoms. The summed E-state index contributed by atoms with van der Waals surface area (Å²) in [7, 11) is 0. The van der Waals surface area contributed by atoms with Gasteiger partial charge in [-0.3, -0.25) is 9.20 Å². The number of hydrogen-bond acceptors (Lipinski definition) is 4. The van der Waals surface area contributed by atoms with Crippen LogP contribution < -0.4 is 5.56 Å². The molecule has 5 heteroatoms. The smallest absolute Gasteiger partial charge is 0.258 e. The van der Waals surface area contributed by atoms with Gasteiger partial charge in [0, 0.05) is 24.6 Å². The fraction of sp³-hybridized carbons (Fsp3) is 0.385. The summed E-state index contributed by atoms with van der Waals surface area (Å²) in [6.07, 6.45) is 1.72. The summed E-state index contributed by atoms with van der Waals surface area (Å²) in [4.78, 5) is 16.3. The predicted octanol–water partition coefficient (Wildman–Crippen LogP) is 1.56. The lowest BCUT2D eigenvalue weighted by molar-refractivity contribution is 0.250. The third-order valence-corrected chi connectivity index (χ3v) is 3.89. The van der Waals surface area contributed by atoms with Gasteiger partial charge in [0.25, 0.3) is 5.56 Å². The lowest BCUT2D eigenvalue weighted by atomic mass is 10.2. The van der Waals surface area contributed by atoms with Gasteiger partial charge in [0.15, 0.2) is 0 Å². The van der Waals surface area contributed by atoms with E-state index >= 15 is 0 Å². The highest BCUT2D eigenvalue weighted by Gasteiger charge is 2.04. The summed E-state index contributed by atoms with van der Waals surface area (Å²) < 4.78 is 1.53. The molecule has 0 aliphatic carbocycles. The van der Waals surface area contributed by atoms with Gasteiger partial charge in [-0.25, -0.2) is 4.98 Å². The van der Waals surface area contributed by atoms with Crippen molar-refractivity contribution in [3.63, 3.8) is 0 Å². The molecule has 0 aliphatic rings. The molecule has 0 bridgehead atoms. The molecule has 0 saturated carbocycles. The van der Waals surface area contributed by atoms with Crippen LogP contribution in [0.3, 0.4) is 0 Å². The average molecular weight is 264 g/mol. The number of aliphatic hydroxyl groups is 1. The van der Waals surface area contributed by atoms with Crippen molar-refractivity contribution in [3.05, 3.63) is 46.5 Å². The Labute approximate surface area is 110 Å². The van der Waals surface area contributed by atoms with Crippen LogP contribution in [0.25, 0.3) is 5.65 Å². The highest BCUT2D eigenvalue weighted by atomic mass is 32.2. The van der Waals surface area contributed by atoms with Crippen molar-refractivity contribution < 1.29 is 5.11 Å². The van der Waals surface area contributed by atoms with Crippen LogP contribution in [0.2, 0.25) is 0 Å². The Morgan fingerprint density at radius 1 is 1.50 bits per heavy atom. The van der Waals surface area contributed by atoms with Crippen molar-refractivity contribution in [3.8, 4) is 0 Å². The first-order valence-corrected chi connectivity index (χ1v) is 7.02. The van der Waals surface area contributed by atoms with Gasteiger partial charge in [-0.2, -0.15) is 11.8 Å². The molecule has 2 aromatic heterocycles. The number of thioether (sulfide) groups is 1. The molecule has 0 amide bonds. The van der Waals surface area contributed by atoms with Gasteiger partial charge in [-0.05, 0) is 23.8 Å². The molecule has 0 radical (unpaired) electrons. The molecule has 1 unspecified atom stereocenters. The number of nitrogens with zero attached hydrogens (tertiary/aromatic N) is 2. The van der Waals surface area contributed by atoms with Gasteiger partial charge in [-0.1, -0.05) is 13.0 Å². The number of rotatable bonds is 5. The van der Waals surface area contributed by atoms with Crippen molar-refractivity contribution >= 4 is 17.4 Å². The SMILES string of the molecule is CC(CO)CSCc1cc(=O)n2ccccc2n1. The third-order valence-electron chi connectivity index (χ3n) is 2.59. The minimum atomic E-state index is -0.0496. The summed E-state index contributed by atoms with van der Waals surface area (Å²) in [6.45, 7) is 2.19. The minimum Gasteiger partial charge on any atom is -0.396 e. The van der Waals surface area contributed by atoms with E-state index in [4.69, 9.17) is 5.11 Å². The predicted molar refractivity (Wildman–Crippen MR) is 73.9 cm³/mol. The fourth-order valence-electron chi connectivity index (χ4n) is 1.59. The second-order valence-corrected chi connectivity index (χ2v) is 5.35. The van der Waals surface area contributed by atoms with Crippen LogP contribution in [-0.4, -0.2) is 26.9 Å². The van der Waals surface area contributed by atoms with Gasteiger partial charge in [-0.15, -0.1) is 0 Å². The molecule has 2 aromatic rings. The van der Waals surface area contributed by atoms with Gasteiger partial charge in [0.2, 0.25) is 0 Å². The zero-order valence-electron chi connectivity index (χ0n) is 10.2. The molecule has 18 heavy (non-hydrogen) atoms. The van der Waals surface area contributed by atoms with E-state index in [1.165, 1.54) is 4.40 Å². The van der Waals surface area contributed by atoms with E-state index in [1.807, 2.05) is 25.1 Å². The summed E-state index contributed by atoms with van der Waals surface area (Å²) in [5.41, 5.74) is 1.42.